The summed E-state index contributed by atoms with van der Waals surface area (Å²) in [5.41, 5.74) is 2.16. The number of ether oxygens (including phenoxy) is 2. The lowest BCUT2D eigenvalue weighted by atomic mass is 10.1. The Kier molecular flexibility index (Phi) is 6.98. The Morgan fingerprint density at radius 2 is 1.72 bits per heavy atom. The van der Waals surface area contributed by atoms with Crippen molar-refractivity contribution in [2.24, 2.45) is 0 Å². The van der Waals surface area contributed by atoms with Gasteiger partial charge >= 0.3 is 5.97 Å². The van der Waals surface area contributed by atoms with Crippen LogP contribution in [0.5, 0.6) is 5.75 Å². The minimum Gasteiger partial charge on any atom is -0.496 e. The average Bonchev–Trinajstić information content (AvgIpc) is 2.65. The zero-order valence-electron chi connectivity index (χ0n) is 14.4. The van der Waals surface area contributed by atoms with Gasteiger partial charge in [0.2, 0.25) is 5.91 Å². The molecule has 6 nitrogen and oxygen atoms in total. The van der Waals surface area contributed by atoms with Crippen molar-refractivity contribution in [2.45, 2.75) is 6.42 Å². The van der Waals surface area contributed by atoms with Crippen LogP contribution in [-0.4, -0.2) is 39.2 Å². The molecule has 0 bridgehead atoms. The third-order valence-electron chi connectivity index (χ3n) is 3.64. The number of hydrogen-bond donors (Lipinski definition) is 2. The van der Waals surface area contributed by atoms with E-state index < -0.39 is 5.97 Å². The van der Waals surface area contributed by atoms with E-state index in [-0.39, 0.29) is 12.5 Å². The molecule has 0 aliphatic carbocycles. The number of amides is 1. The fourth-order valence-corrected chi connectivity index (χ4v) is 2.35. The van der Waals surface area contributed by atoms with Crippen LogP contribution in [0.1, 0.15) is 15.9 Å². The average molecular weight is 342 g/mol. The van der Waals surface area contributed by atoms with E-state index >= 15 is 0 Å². The topological polar surface area (TPSA) is 76.7 Å². The Morgan fingerprint density at radius 1 is 1.00 bits per heavy atom. The van der Waals surface area contributed by atoms with Crippen molar-refractivity contribution < 1.29 is 19.1 Å². The predicted molar refractivity (Wildman–Crippen MR) is 96.0 cm³/mol. The third-order valence-corrected chi connectivity index (χ3v) is 3.64. The summed E-state index contributed by atoms with van der Waals surface area (Å²) >= 11 is 0. The zero-order chi connectivity index (χ0) is 18.1. The minimum atomic E-state index is -0.407. The van der Waals surface area contributed by atoms with E-state index in [4.69, 9.17) is 4.74 Å². The molecule has 6 heteroatoms. The van der Waals surface area contributed by atoms with E-state index in [1.165, 1.54) is 7.11 Å². The van der Waals surface area contributed by atoms with E-state index in [1.54, 1.807) is 31.4 Å². The van der Waals surface area contributed by atoms with Crippen LogP contribution in [0.2, 0.25) is 0 Å². The van der Waals surface area contributed by atoms with Crippen molar-refractivity contribution in [3.63, 3.8) is 0 Å². The van der Waals surface area contributed by atoms with Crippen molar-refractivity contribution in [2.75, 3.05) is 32.6 Å². The van der Waals surface area contributed by atoms with Gasteiger partial charge in [0.15, 0.2) is 0 Å². The molecule has 0 unspecified atom stereocenters. The van der Waals surface area contributed by atoms with Crippen molar-refractivity contribution in [1.29, 1.82) is 0 Å². The number of methoxy groups -OCH3 is 2. The molecule has 0 saturated carbocycles. The molecule has 2 N–H and O–H groups in total. The normalized spacial score (nSPS) is 10.2. The van der Waals surface area contributed by atoms with Crippen LogP contribution in [0.3, 0.4) is 0 Å². The van der Waals surface area contributed by atoms with Crippen LogP contribution in [0, 0.1) is 0 Å². The Balaban J connectivity index is 1.74. The molecular formula is C19H22N2O4. The highest BCUT2D eigenvalue weighted by molar-refractivity contribution is 5.93. The smallest absolute Gasteiger partial charge is 0.337 e. The van der Waals surface area contributed by atoms with E-state index in [2.05, 4.69) is 15.4 Å². The van der Waals surface area contributed by atoms with Crippen LogP contribution in [0.15, 0.2) is 48.5 Å². The third kappa shape index (κ3) is 5.61. The fourth-order valence-electron chi connectivity index (χ4n) is 2.35. The first-order chi connectivity index (χ1) is 12.1. The first-order valence-corrected chi connectivity index (χ1v) is 7.95. The van der Waals surface area contributed by atoms with Gasteiger partial charge in [-0.15, -0.1) is 0 Å². The van der Waals surface area contributed by atoms with Gasteiger partial charge in [0.25, 0.3) is 0 Å². The SMILES string of the molecule is COC(=O)c1ccc(NC(=O)CNCCc2ccccc2OC)cc1. The molecule has 0 aliphatic rings. The highest BCUT2D eigenvalue weighted by Gasteiger charge is 2.06. The molecule has 0 atom stereocenters. The Morgan fingerprint density at radius 3 is 2.40 bits per heavy atom. The van der Waals surface area contributed by atoms with Crippen LogP contribution in [0.25, 0.3) is 0 Å². The molecular weight excluding hydrogens is 320 g/mol. The van der Waals surface area contributed by atoms with Crippen LogP contribution < -0.4 is 15.4 Å². The van der Waals surface area contributed by atoms with E-state index in [9.17, 15) is 9.59 Å². The Bertz CT molecular complexity index is 714. The van der Waals surface area contributed by atoms with E-state index in [1.807, 2.05) is 24.3 Å². The summed E-state index contributed by atoms with van der Waals surface area (Å²) in [7, 11) is 2.97. The van der Waals surface area contributed by atoms with Crippen LogP contribution >= 0.6 is 0 Å². The van der Waals surface area contributed by atoms with E-state index in [0.717, 1.165) is 17.7 Å². The summed E-state index contributed by atoms with van der Waals surface area (Å²) in [6, 6.07) is 14.4. The molecule has 132 valence electrons. The summed E-state index contributed by atoms with van der Waals surface area (Å²) in [5, 5.41) is 5.87. The van der Waals surface area contributed by atoms with E-state index in [0.29, 0.717) is 17.8 Å². The van der Waals surface area contributed by atoms with Gasteiger partial charge in [-0.2, -0.15) is 0 Å². The largest absolute Gasteiger partial charge is 0.496 e. The first-order valence-electron chi connectivity index (χ1n) is 7.95. The summed E-state index contributed by atoms with van der Waals surface area (Å²) < 4.78 is 9.93. The lowest BCUT2D eigenvalue weighted by molar-refractivity contribution is -0.115. The quantitative estimate of drug-likeness (QED) is 0.568. The lowest BCUT2D eigenvalue weighted by Gasteiger charge is -2.09. The number of rotatable bonds is 8. The van der Waals surface area contributed by atoms with Gasteiger partial charge in [-0.3, -0.25) is 4.79 Å². The summed E-state index contributed by atoms with van der Waals surface area (Å²) in [4.78, 5) is 23.3. The molecule has 25 heavy (non-hydrogen) atoms. The number of hydrogen-bond acceptors (Lipinski definition) is 5. The molecule has 2 aromatic carbocycles. The molecule has 1 amide bonds. The molecule has 2 aromatic rings. The summed E-state index contributed by atoms with van der Waals surface area (Å²) in [6.07, 6.45) is 0.769. The summed E-state index contributed by atoms with van der Waals surface area (Å²) in [6.45, 7) is 0.864. The van der Waals surface area contributed by atoms with Crippen molar-refractivity contribution in [1.82, 2.24) is 5.32 Å². The molecule has 0 aromatic heterocycles. The number of carbonyl (C=O) groups excluding carboxylic acids is 2. The maximum absolute atomic E-state index is 11.9. The van der Waals surface area contributed by atoms with Crippen LogP contribution in [-0.2, 0) is 16.0 Å². The molecule has 2 rings (SSSR count). The number of esters is 1. The molecule has 0 heterocycles. The lowest BCUT2D eigenvalue weighted by Crippen LogP contribution is -2.29. The van der Waals surface area contributed by atoms with Gasteiger partial charge in [0.05, 0.1) is 26.3 Å². The van der Waals surface area contributed by atoms with Crippen molar-refractivity contribution >= 4 is 17.6 Å². The Labute approximate surface area is 147 Å². The summed E-state index contributed by atoms with van der Waals surface area (Å²) in [5.74, 6) is 0.293. The number of carbonyl (C=O) groups is 2. The zero-order valence-corrected chi connectivity index (χ0v) is 14.4. The molecule has 0 aliphatic heterocycles. The second-order valence-corrected chi connectivity index (χ2v) is 5.36. The van der Waals surface area contributed by atoms with Gasteiger partial charge in [-0.25, -0.2) is 4.79 Å². The second-order valence-electron chi connectivity index (χ2n) is 5.36. The Hall–Kier alpha value is -2.86. The highest BCUT2D eigenvalue weighted by Crippen LogP contribution is 2.17. The molecule has 0 fully saturated rings. The predicted octanol–water partition coefficient (Wildman–Crippen LogP) is 2.25. The van der Waals surface area contributed by atoms with Gasteiger partial charge in [0, 0.05) is 5.69 Å². The van der Waals surface area contributed by atoms with Gasteiger partial charge in [-0.05, 0) is 48.9 Å². The molecule has 0 saturated heterocycles. The monoisotopic (exact) mass is 342 g/mol. The number of para-hydroxylation sites is 1. The standard InChI is InChI=1S/C19H22N2O4/c1-24-17-6-4-3-5-14(17)11-12-20-13-18(22)21-16-9-7-15(8-10-16)19(23)25-2/h3-10,20H,11-13H2,1-2H3,(H,21,22). The van der Waals surface area contributed by atoms with Crippen LogP contribution in [0.4, 0.5) is 5.69 Å². The first kappa shape index (κ1) is 18.5. The maximum atomic E-state index is 11.9. The van der Waals surface area contributed by atoms with Crippen molar-refractivity contribution in [3.8, 4) is 5.75 Å². The number of nitrogens with one attached hydrogen (secondary N) is 2. The number of benzene rings is 2. The maximum Gasteiger partial charge on any atom is 0.337 e. The fraction of sp³-hybridized carbons (Fsp3) is 0.263. The molecule has 0 radical (unpaired) electrons. The minimum absolute atomic E-state index is 0.147. The molecule has 0 spiro atoms. The van der Waals surface area contributed by atoms with Gasteiger partial charge in [0.1, 0.15) is 5.75 Å². The van der Waals surface area contributed by atoms with Gasteiger partial charge in [-0.1, -0.05) is 18.2 Å². The second kappa shape index (κ2) is 9.44. The number of anilines is 1. The highest BCUT2D eigenvalue weighted by atomic mass is 16.5. The van der Waals surface area contributed by atoms with Gasteiger partial charge < -0.3 is 20.1 Å². The van der Waals surface area contributed by atoms with Crippen molar-refractivity contribution in [3.05, 3.63) is 59.7 Å².